The molecule has 2 aromatic rings. The smallest absolute Gasteiger partial charge is 0.340 e. The fourth-order valence-electron chi connectivity index (χ4n) is 2.13. The number of allylic oxidation sites excluding steroid dienone is 1. The van der Waals surface area contributed by atoms with E-state index in [0.717, 1.165) is 11.8 Å². The molecule has 0 atom stereocenters. The molecule has 0 amide bonds. The molecule has 0 heterocycles. The Kier molecular flexibility index (Phi) is 6.68. The van der Waals surface area contributed by atoms with E-state index in [0.29, 0.717) is 11.8 Å². The number of anilines is 1. The van der Waals surface area contributed by atoms with Crippen molar-refractivity contribution in [3.63, 3.8) is 0 Å². The van der Waals surface area contributed by atoms with E-state index in [1.54, 1.807) is 24.3 Å². The van der Waals surface area contributed by atoms with Gasteiger partial charge >= 0.3 is 6.18 Å². The second-order valence-corrected chi connectivity index (χ2v) is 6.51. The minimum Gasteiger partial charge on any atom is -0.340 e. The number of aryl methyl sites for hydroxylation is 1. The molecule has 0 saturated carbocycles. The van der Waals surface area contributed by atoms with Crippen molar-refractivity contribution in [2.75, 3.05) is 11.4 Å². The number of halogens is 5. The third-order valence-electron chi connectivity index (χ3n) is 3.61. The Morgan fingerprint density at radius 2 is 1.67 bits per heavy atom. The van der Waals surface area contributed by atoms with Gasteiger partial charge in [-0.3, -0.25) is 9.59 Å². The van der Waals surface area contributed by atoms with Crippen LogP contribution in [0.15, 0.2) is 54.7 Å². The Hall–Kier alpha value is -2.31. The first-order valence-corrected chi connectivity index (χ1v) is 8.44. The largest absolute Gasteiger partial charge is 0.454 e. The van der Waals surface area contributed by atoms with Crippen LogP contribution in [-0.4, -0.2) is 24.3 Å². The number of carbonyl (C=O) groups is 2. The molecule has 0 spiro atoms. The van der Waals surface area contributed by atoms with Gasteiger partial charge in [0.2, 0.25) is 0 Å². The number of alkyl halides is 3. The van der Waals surface area contributed by atoms with Crippen LogP contribution in [0, 0.1) is 6.92 Å². The summed E-state index contributed by atoms with van der Waals surface area (Å²) in [6.07, 6.45) is -3.65. The van der Waals surface area contributed by atoms with Gasteiger partial charge in [-0.15, -0.1) is 0 Å². The fourth-order valence-corrected chi connectivity index (χ4v) is 2.43. The summed E-state index contributed by atoms with van der Waals surface area (Å²) >= 11 is 11.7. The molecule has 0 N–H and O–H groups in total. The predicted octanol–water partition coefficient (Wildman–Crippen LogP) is 5.64. The Bertz CT molecular complexity index is 878. The maximum atomic E-state index is 12.5. The summed E-state index contributed by atoms with van der Waals surface area (Å²) in [6, 6.07) is 11.1. The van der Waals surface area contributed by atoms with Crippen LogP contribution in [0.5, 0.6) is 0 Å². The molecule has 0 radical (unpaired) electrons. The average Bonchev–Trinajstić information content (AvgIpc) is 2.60. The van der Waals surface area contributed by atoms with Crippen molar-refractivity contribution in [1.82, 2.24) is 0 Å². The monoisotopic (exact) mass is 415 g/mol. The first-order chi connectivity index (χ1) is 12.6. The van der Waals surface area contributed by atoms with E-state index in [1.165, 1.54) is 23.1 Å². The second-order valence-electron chi connectivity index (χ2n) is 5.69. The van der Waals surface area contributed by atoms with E-state index in [4.69, 9.17) is 23.2 Å². The van der Waals surface area contributed by atoms with Crippen LogP contribution in [-0.2, 0) is 4.79 Å². The van der Waals surface area contributed by atoms with E-state index < -0.39 is 17.7 Å². The SMILES string of the molecule is Cc1ccc(N(/C=C/C(=O)C(F)(F)F)CC(=O)c2ccc(Cl)c(Cl)c2)cc1. The highest BCUT2D eigenvalue weighted by molar-refractivity contribution is 6.42. The molecule has 142 valence electrons. The molecule has 0 saturated heterocycles. The molecule has 0 aliphatic heterocycles. The standard InChI is InChI=1S/C19H14Cl2F3NO2/c1-12-2-5-14(6-3-12)25(9-8-18(27)19(22,23)24)11-17(26)13-4-7-15(20)16(21)10-13/h2-10H,11H2,1H3/b9-8+. The molecule has 0 fully saturated rings. The van der Waals surface area contributed by atoms with Crippen molar-refractivity contribution in [1.29, 1.82) is 0 Å². The van der Waals surface area contributed by atoms with Crippen LogP contribution < -0.4 is 4.90 Å². The Morgan fingerprint density at radius 3 is 2.22 bits per heavy atom. The van der Waals surface area contributed by atoms with Crippen LogP contribution >= 0.6 is 23.2 Å². The van der Waals surface area contributed by atoms with Gasteiger partial charge in [0.1, 0.15) is 0 Å². The number of nitrogens with zero attached hydrogens (tertiary/aromatic N) is 1. The van der Waals surface area contributed by atoms with Crippen LogP contribution in [0.4, 0.5) is 18.9 Å². The van der Waals surface area contributed by atoms with Crippen molar-refractivity contribution in [2.24, 2.45) is 0 Å². The van der Waals surface area contributed by atoms with Gasteiger partial charge in [-0.1, -0.05) is 40.9 Å². The molecule has 2 rings (SSSR count). The molecule has 2 aromatic carbocycles. The third kappa shape index (κ3) is 5.84. The van der Waals surface area contributed by atoms with Gasteiger partial charge in [-0.2, -0.15) is 13.2 Å². The van der Waals surface area contributed by atoms with Gasteiger partial charge in [0, 0.05) is 23.5 Å². The van der Waals surface area contributed by atoms with Crippen molar-refractivity contribution in [3.05, 3.63) is 75.9 Å². The normalized spacial score (nSPS) is 11.6. The topological polar surface area (TPSA) is 37.4 Å². The highest BCUT2D eigenvalue weighted by Crippen LogP contribution is 2.24. The van der Waals surface area contributed by atoms with Gasteiger partial charge in [0.05, 0.1) is 16.6 Å². The van der Waals surface area contributed by atoms with Gasteiger partial charge in [-0.05, 0) is 37.3 Å². The predicted molar refractivity (Wildman–Crippen MR) is 99.5 cm³/mol. The Morgan fingerprint density at radius 1 is 1.04 bits per heavy atom. The number of rotatable bonds is 6. The van der Waals surface area contributed by atoms with E-state index in [2.05, 4.69) is 0 Å². The summed E-state index contributed by atoms with van der Waals surface area (Å²) < 4.78 is 37.4. The van der Waals surface area contributed by atoms with Crippen LogP contribution in [0.1, 0.15) is 15.9 Å². The maximum absolute atomic E-state index is 12.5. The van der Waals surface area contributed by atoms with Gasteiger partial charge in [-0.25, -0.2) is 0 Å². The molecule has 0 unspecified atom stereocenters. The van der Waals surface area contributed by atoms with Crippen LogP contribution in [0.25, 0.3) is 0 Å². The summed E-state index contributed by atoms with van der Waals surface area (Å²) in [7, 11) is 0. The zero-order chi connectivity index (χ0) is 20.2. The van der Waals surface area contributed by atoms with Crippen molar-refractivity contribution in [3.8, 4) is 0 Å². The molecular formula is C19H14Cl2F3NO2. The van der Waals surface area contributed by atoms with Gasteiger partial charge in [0.25, 0.3) is 5.78 Å². The number of hydrogen-bond donors (Lipinski definition) is 0. The van der Waals surface area contributed by atoms with E-state index >= 15 is 0 Å². The molecular weight excluding hydrogens is 402 g/mol. The lowest BCUT2D eigenvalue weighted by molar-refractivity contribution is -0.165. The first-order valence-electron chi connectivity index (χ1n) is 7.69. The van der Waals surface area contributed by atoms with Crippen molar-refractivity contribution < 1.29 is 22.8 Å². The molecule has 8 heteroatoms. The minimum atomic E-state index is -4.98. The lowest BCUT2D eigenvalue weighted by Gasteiger charge is -2.20. The minimum absolute atomic E-state index is 0.187. The Balaban J connectivity index is 2.30. The van der Waals surface area contributed by atoms with Gasteiger partial charge < -0.3 is 4.90 Å². The molecule has 0 aromatic heterocycles. The summed E-state index contributed by atoms with van der Waals surface area (Å²) in [5.74, 6) is -2.42. The van der Waals surface area contributed by atoms with E-state index in [1.807, 2.05) is 6.92 Å². The number of benzene rings is 2. The molecule has 27 heavy (non-hydrogen) atoms. The zero-order valence-corrected chi connectivity index (χ0v) is 15.6. The summed E-state index contributed by atoms with van der Waals surface area (Å²) in [5, 5.41) is 0.464. The average molecular weight is 416 g/mol. The number of Topliss-reactive ketones (excluding diaryl/α,β-unsaturated/α-hetero) is 1. The van der Waals surface area contributed by atoms with Crippen LogP contribution in [0.3, 0.4) is 0 Å². The highest BCUT2D eigenvalue weighted by Gasteiger charge is 2.36. The Labute approximate surface area is 164 Å². The second kappa shape index (κ2) is 8.59. The van der Waals surface area contributed by atoms with E-state index in [-0.39, 0.29) is 22.2 Å². The maximum Gasteiger partial charge on any atom is 0.454 e. The highest BCUT2D eigenvalue weighted by atomic mass is 35.5. The number of hydrogen-bond acceptors (Lipinski definition) is 3. The summed E-state index contributed by atoms with van der Waals surface area (Å²) in [4.78, 5) is 24.9. The van der Waals surface area contributed by atoms with Crippen LogP contribution in [0.2, 0.25) is 10.0 Å². The first kappa shape index (κ1) is 21.0. The summed E-state index contributed by atoms with van der Waals surface area (Å²) in [5.41, 5.74) is 1.64. The fraction of sp³-hybridized carbons (Fsp3) is 0.158. The van der Waals surface area contributed by atoms with E-state index in [9.17, 15) is 22.8 Å². The van der Waals surface area contributed by atoms with Gasteiger partial charge in [0.15, 0.2) is 5.78 Å². The van der Waals surface area contributed by atoms with Crippen molar-refractivity contribution >= 4 is 40.5 Å². The lowest BCUT2D eigenvalue weighted by atomic mass is 10.1. The third-order valence-corrected chi connectivity index (χ3v) is 4.35. The molecule has 0 aliphatic rings. The lowest BCUT2D eigenvalue weighted by Crippen LogP contribution is -2.26. The quantitative estimate of drug-likeness (QED) is 0.452. The zero-order valence-electron chi connectivity index (χ0n) is 14.1. The summed E-state index contributed by atoms with van der Waals surface area (Å²) in [6.45, 7) is 1.56. The number of carbonyl (C=O) groups excluding carboxylic acids is 2. The number of ketones is 2. The van der Waals surface area contributed by atoms with Crippen molar-refractivity contribution in [2.45, 2.75) is 13.1 Å². The molecule has 0 bridgehead atoms. The molecule has 0 aliphatic carbocycles. The molecule has 3 nitrogen and oxygen atoms in total.